The molecule has 1 heterocycles. The van der Waals surface area contributed by atoms with Gasteiger partial charge < -0.3 is 9.32 Å². The molecule has 10 aromatic rings. The topological polar surface area (TPSA) is 16.4 Å². The molecule has 0 amide bonds. The van der Waals surface area contributed by atoms with E-state index in [0.717, 1.165) is 39.0 Å². The van der Waals surface area contributed by atoms with Gasteiger partial charge in [-0.1, -0.05) is 159 Å². The molecule has 0 saturated heterocycles. The summed E-state index contributed by atoms with van der Waals surface area (Å²) in [6, 6.07) is 66.8. The molecule has 1 aromatic heterocycles. The van der Waals surface area contributed by atoms with Gasteiger partial charge in [-0.2, -0.15) is 0 Å². The lowest BCUT2D eigenvalue weighted by atomic mass is 9.80. The molecule has 1 aliphatic carbocycles. The number of hydrogen-bond donors (Lipinski definition) is 0. The van der Waals surface area contributed by atoms with Crippen molar-refractivity contribution in [3.63, 3.8) is 0 Å². The largest absolute Gasteiger partial charge is 0.456 e. The van der Waals surface area contributed by atoms with E-state index in [1.54, 1.807) is 0 Å². The third kappa shape index (κ3) is 5.47. The minimum absolute atomic E-state index is 0.585. The summed E-state index contributed by atoms with van der Waals surface area (Å²) in [4.78, 5) is 2.44. The van der Waals surface area contributed by atoms with Crippen LogP contribution in [0.15, 0.2) is 186 Å². The lowest BCUT2D eigenvalue weighted by molar-refractivity contribution is 0.445. The van der Waals surface area contributed by atoms with Crippen LogP contribution in [0.2, 0.25) is 0 Å². The third-order valence-electron chi connectivity index (χ3n) is 12.2. The van der Waals surface area contributed by atoms with Crippen LogP contribution in [0.4, 0.5) is 17.1 Å². The van der Waals surface area contributed by atoms with Crippen molar-refractivity contribution in [2.24, 2.45) is 0 Å². The summed E-state index contributed by atoms with van der Waals surface area (Å²) in [5.74, 6) is 0.585. The van der Waals surface area contributed by atoms with Crippen LogP contribution in [-0.2, 0) is 0 Å². The van der Waals surface area contributed by atoms with Crippen molar-refractivity contribution in [1.82, 2.24) is 0 Å². The highest BCUT2D eigenvalue weighted by molar-refractivity contribution is 6.12. The predicted molar refractivity (Wildman–Crippen MR) is 238 cm³/mol. The fourth-order valence-corrected chi connectivity index (χ4v) is 9.63. The molecule has 9 aromatic carbocycles. The summed E-state index contributed by atoms with van der Waals surface area (Å²) in [6.07, 6.45) is 6.48. The first kappa shape index (κ1) is 32.8. The van der Waals surface area contributed by atoms with Gasteiger partial charge >= 0.3 is 0 Å². The highest BCUT2D eigenvalue weighted by Crippen LogP contribution is 2.47. The monoisotopic (exact) mass is 719 g/mol. The number of rotatable bonds is 6. The molecule has 1 fully saturated rings. The quantitative estimate of drug-likeness (QED) is 0.159. The molecule has 0 atom stereocenters. The summed E-state index contributed by atoms with van der Waals surface area (Å²) in [5, 5.41) is 10.0. The van der Waals surface area contributed by atoms with E-state index in [1.807, 2.05) is 6.07 Å². The van der Waals surface area contributed by atoms with Crippen LogP contribution < -0.4 is 4.90 Å². The number of fused-ring (bicyclic) bond motifs is 7. The minimum Gasteiger partial charge on any atom is -0.456 e. The molecule has 0 unspecified atom stereocenters. The van der Waals surface area contributed by atoms with Crippen LogP contribution in [-0.4, -0.2) is 0 Å². The zero-order valence-electron chi connectivity index (χ0n) is 31.3. The number of para-hydroxylation sites is 2. The number of nitrogens with zero attached hydrogens (tertiary/aromatic N) is 1. The van der Waals surface area contributed by atoms with Crippen molar-refractivity contribution in [2.45, 2.75) is 38.0 Å². The molecule has 0 bridgehead atoms. The molecule has 1 saturated carbocycles. The predicted octanol–water partition coefficient (Wildman–Crippen LogP) is 15.9. The molecule has 11 rings (SSSR count). The van der Waals surface area contributed by atoms with Crippen molar-refractivity contribution in [3.8, 4) is 22.3 Å². The maximum absolute atomic E-state index is 6.52. The van der Waals surface area contributed by atoms with E-state index in [4.69, 9.17) is 4.42 Å². The van der Waals surface area contributed by atoms with Gasteiger partial charge in [0.15, 0.2) is 0 Å². The maximum atomic E-state index is 6.52. The Morgan fingerprint density at radius 2 is 1.07 bits per heavy atom. The summed E-state index contributed by atoms with van der Waals surface area (Å²) in [5.41, 5.74) is 11.5. The standard InChI is InChI=1S/C54H41NO/c1-2-14-36(15-3-1)44-25-11-17-38-18-12-27-50(54(38)44)47-22-6-8-28-51(47)55(41-31-33-49-48-23-7-9-29-52(48)56-53(49)35-41)40-20-10-19-39(34-40)43-24-13-26-45-42-21-5-4-16-37(42)30-32-46(43)45/h4-13,16-36H,1-3,14-15H2. The lowest BCUT2D eigenvalue weighted by Crippen LogP contribution is -2.11. The molecule has 2 heteroatoms. The number of furan rings is 1. The summed E-state index contributed by atoms with van der Waals surface area (Å²) in [7, 11) is 0. The van der Waals surface area contributed by atoms with Crippen LogP contribution in [0.25, 0.3) is 76.5 Å². The van der Waals surface area contributed by atoms with Gasteiger partial charge in [-0.25, -0.2) is 0 Å². The molecule has 0 aliphatic heterocycles. The van der Waals surface area contributed by atoms with Crippen molar-refractivity contribution >= 4 is 71.3 Å². The van der Waals surface area contributed by atoms with Crippen LogP contribution in [0.5, 0.6) is 0 Å². The average molecular weight is 720 g/mol. The fourth-order valence-electron chi connectivity index (χ4n) is 9.63. The van der Waals surface area contributed by atoms with Crippen LogP contribution >= 0.6 is 0 Å². The second-order valence-electron chi connectivity index (χ2n) is 15.5. The van der Waals surface area contributed by atoms with E-state index in [2.05, 4.69) is 181 Å². The average Bonchev–Trinajstić information content (AvgIpc) is 3.64. The first-order valence-electron chi connectivity index (χ1n) is 20.1. The Morgan fingerprint density at radius 3 is 2.00 bits per heavy atom. The van der Waals surface area contributed by atoms with Crippen LogP contribution in [0.1, 0.15) is 43.6 Å². The first-order valence-corrected chi connectivity index (χ1v) is 20.1. The van der Waals surface area contributed by atoms with E-state index >= 15 is 0 Å². The van der Waals surface area contributed by atoms with Gasteiger partial charge in [-0.15, -0.1) is 0 Å². The first-order chi connectivity index (χ1) is 27.8. The highest BCUT2D eigenvalue weighted by atomic mass is 16.3. The highest BCUT2D eigenvalue weighted by Gasteiger charge is 2.23. The van der Waals surface area contributed by atoms with Gasteiger partial charge in [-0.3, -0.25) is 0 Å². The van der Waals surface area contributed by atoms with E-state index in [0.29, 0.717) is 5.92 Å². The van der Waals surface area contributed by atoms with Crippen molar-refractivity contribution in [2.75, 3.05) is 4.90 Å². The Balaban J connectivity index is 1.14. The summed E-state index contributed by atoms with van der Waals surface area (Å²) in [6.45, 7) is 0. The molecule has 0 spiro atoms. The van der Waals surface area contributed by atoms with Gasteiger partial charge in [-0.05, 0) is 110 Å². The van der Waals surface area contributed by atoms with E-state index < -0.39 is 0 Å². The van der Waals surface area contributed by atoms with E-state index in [1.165, 1.54) is 92.2 Å². The zero-order valence-corrected chi connectivity index (χ0v) is 31.3. The van der Waals surface area contributed by atoms with Gasteiger partial charge in [0.2, 0.25) is 0 Å². The third-order valence-corrected chi connectivity index (χ3v) is 12.2. The molecule has 1 aliphatic rings. The smallest absolute Gasteiger partial charge is 0.137 e. The summed E-state index contributed by atoms with van der Waals surface area (Å²) < 4.78 is 6.52. The minimum atomic E-state index is 0.585. The Kier molecular flexibility index (Phi) is 7.95. The van der Waals surface area contributed by atoms with Gasteiger partial charge in [0.25, 0.3) is 0 Å². The van der Waals surface area contributed by atoms with Crippen molar-refractivity contribution in [3.05, 3.63) is 188 Å². The second-order valence-corrected chi connectivity index (χ2v) is 15.5. The van der Waals surface area contributed by atoms with Gasteiger partial charge in [0.1, 0.15) is 11.2 Å². The second kappa shape index (κ2) is 13.6. The molecule has 0 N–H and O–H groups in total. The molecule has 56 heavy (non-hydrogen) atoms. The molecule has 0 radical (unpaired) electrons. The van der Waals surface area contributed by atoms with Crippen molar-refractivity contribution < 1.29 is 4.42 Å². The lowest BCUT2D eigenvalue weighted by Gasteiger charge is -2.29. The Hall–Kier alpha value is -6.64. The Labute approximate surface area is 327 Å². The number of hydrogen-bond acceptors (Lipinski definition) is 2. The maximum Gasteiger partial charge on any atom is 0.137 e. The molecular formula is C54H41NO. The number of anilines is 3. The van der Waals surface area contributed by atoms with Crippen molar-refractivity contribution in [1.29, 1.82) is 0 Å². The Bertz CT molecular complexity index is 3090. The fraction of sp³-hybridized carbons (Fsp3) is 0.111. The van der Waals surface area contributed by atoms with Crippen LogP contribution in [0.3, 0.4) is 0 Å². The van der Waals surface area contributed by atoms with E-state index in [-0.39, 0.29) is 0 Å². The molecule has 268 valence electrons. The van der Waals surface area contributed by atoms with Crippen LogP contribution in [0, 0.1) is 0 Å². The SMILES string of the molecule is c1cc(-c2cccc3c2ccc2ccccc23)cc(N(c2ccc3c(c2)oc2ccccc23)c2ccccc2-c2cccc3cccc(C4CCCCC4)c23)c1. The zero-order chi connectivity index (χ0) is 37.0. The summed E-state index contributed by atoms with van der Waals surface area (Å²) >= 11 is 0. The Morgan fingerprint density at radius 1 is 0.411 bits per heavy atom. The van der Waals surface area contributed by atoms with Gasteiger partial charge in [0, 0.05) is 33.8 Å². The normalized spacial score (nSPS) is 13.6. The van der Waals surface area contributed by atoms with Gasteiger partial charge in [0.05, 0.1) is 5.69 Å². The molecular weight excluding hydrogens is 679 g/mol. The van der Waals surface area contributed by atoms with E-state index in [9.17, 15) is 0 Å². The number of benzene rings is 9. The molecule has 2 nitrogen and oxygen atoms in total.